The minimum Gasteiger partial charge on any atom is -0.347 e. The third kappa shape index (κ3) is 2.57. The summed E-state index contributed by atoms with van der Waals surface area (Å²) in [4.78, 5) is 23.5. The van der Waals surface area contributed by atoms with Gasteiger partial charge in [0.1, 0.15) is 5.69 Å². The van der Waals surface area contributed by atoms with Crippen LogP contribution in [0.5, 0.6) is 0 Å². The van der Waals surface area contributed by atoms with Crippen LogP contribution < -0.4 is 10.5 Å². The van der Waals surface area contributed by atoms with Crippen LogP contribution in [0.1, 0.15) is 11.1 Å². The Morgan fingerprint density at radius 2 is 1.82 bits per heavy atom. The molecule has 0 fully saturated rings. The molecule has 2 aliphatic rings. The van der Waals surface area contributed by atoms with Crippen molar-refractivity contribution in [1.82, 2.24) is 14.5 Å². The second-order valence-corrected chi connectivity index (χ2v) is 5.52. The van der Waals surface area contributed by atoms with Crippen molar-refractivity contribution < 1.29 is 0 Å². The molecule has 0 N–H and O–H groups in total. The molecule has 0 unspecified atom stereocenters. The first-order valence-corrected chi connectivity index (χ1v) is 7.14. The van der Waals surface area contributed by atoms with Gasteiger partial charge in [0, 0.05) is 39.3 Å². The van der Waals surface area contributed by atoms with E-state index in [-0.39, 0.29) is 5.56 Å². The van der Waals surface area contributed by atoms with E-state index in [0.29, 0.717) is 23.6 Å². The van der Waals surface area contributed by atoms with Crippen LogP contribution in [-0.2, 0) is 13.5 Å². The second kappa shape index (κ2) is 5.60. The summed E-state index contributed by atoms with van der Waals surface area (Å²) in [5, 5.41) is 0. The molecule has 5 nitrogen and oxygen atoms in total. The highest BCUT2D eigenvalue weighted by atomic mass is 16.1. The molecule has 22 heavy (non-hydrogen) atoms. The number of fused-ring (bicyclic) bond motifs is 1. The van der Waals surface area contributed by atoms with E-state index >= 15 is 0 Å². The lowest BCUT2D eigenvalue weighted by molar-refractivity contribution is 0.852. The van der Waals surface area contributed by atoms with Gasteiger partial charge < -0.3 is 9.47 Å². The first-order chi connectivity index (χ1) is 10.6. The number of hydrogen-bond donors (Lipinski definition) is 0. The predicted octanol–water partition coefficient (Wildman–Crippen LogP) is 1.94. The van der Waals surface area contributed by atoms with Gasteiger partial charge >= 0.3 is 0 Å². The molecule has 0 spiro atoms. The molecule has 2 aliphatic heterocycles. The van der Waals surface area contributed by atoms with Gasteiger partial charge in [0.25, 0.3) is 5.56 Å². The van der Waals surface area contributed by atoms with E-state index in [4.69, 9.17) is 0 Å². The fourth-order valence-electron chi connectivity index (χ4n) is 2.40. The number of nitrogens with zero attached hydrogens (tertiary/aromatic N) is 4. The Morgan fingerprint density at radius 3 is 2.50 bits per heavy atom. The number of hydrogen-bond acceptors (Lipinski definition) is 4. The van der Waals surface area contributed by atoms with E-state index in [9.17, 15) is 4.79 Å². The Hall–Kier alpha value is -2.69. The van der Waals surface area contributed by atoms with Crippen LogP contribution in [0.4, 0.5) is 5.95 Å². The van der Waals surface area contributed by atoms with Crippen LogP contribution in [0.15, 0.2) is 47.4 Å². The molecule has 1 aromatic rings. The molecule has 3 rings (SSSR count). The third-order valence-corrected chi connectivity index (χ3v) is 3.62. The maximum Gasteiger partial charge on any atom is 0.256 e. The molecule has 0 aromatic heterocycles. The van der Waals surface area contributed by atoms with Gasteiger partial charge in [-0.15, -0.1) is 0 Å². The summed E-state index contributed by atoms with van der Waals surface area (Å²) in [6, 6.07) is 11.8. The lowest BCUT2D eigenvalue weighted by Gasteiger charge is -2.04. The molecular weight excluding hydrogens is 276 g/mol. The predicted molar refractivity (Wildman–Crippen MR) is 87.5 cm³/mol. The van der Waals surface area contributed by atoms with E-state index < -0.39 is 0 Å². The highest BCUT2D eigenvalue weighted by Gasteiger charge is 2.18. The molecule has 5 heteroatoms. The summed E-state index contributed by atoms with van der Waals surface area (Å²) in [6.45, 7) is 0. The molecule has 0 radical (unpaired) electrons. The third-order valence-electron chi connectivity index (χ3n) is 3.62. The summed E-state index contributed by atoms with van der Waals surface area (Å²) in [5.74, 6) is 0.623. The lowest BCUT2D eigenvalue weighted by Crippen LogP contribution is -2.19. The zero-order valence-electron chi connectivity index (χ0n) is 12.9. The summed E-state index contributed by atoms with van der Waals surface area (Å²) >= 11 is 0. The van der Waals surface area contributed by atoms with Crippen molar-refractivity contribution in [2.24, 2.45) is 7.05 Å². The Labute approximate surface area is 129 Å². The van der Waals surface area contributed by atoms with Crippen molar-refractivity contribution in [3.05, 3.63) is 64.1 Å². The van der Waals surface area contributed by atoms with E-state index in [2.05, 4.69) is 9.97 Å². The number of benzene rings is 1. The largest absolute Gasteiger partial charge is 0.347 e. The maximum atomic E-state index is 12.6. The van der Waals surface area contributed by atoms with Gasteiger partial charge in [-0.25, -0.2) is 9.97 Å². The first kappa shape index (κ1) is 14.3. The summed E-state index contributed by atoms with van der Waals surface area (Å²) in [7, 11) is 5.54. The fraction of sp³-hybridized carbons (Fsp3) is 0.235. The summed E-state index contributed by atoms with van der Waals surface area (Å²) in [5.41, 5.74) is 3.14. The molecular formula is C17H18N4O. The minimum absolute atomic E-state index is 0.0379. The quantitative estimate of drug-likeness (QED) is 0.741. The first-order valence-electron chi connectivity index (χ1n) is 7.14. The Balaban J connectivity index is 2.21. The molecule has 0 amide bonds. The number of aromatic nitrogens is 3. The standard InChI is InChI=1S/C17H18N4O/c1-20(2)17-18-14-9-10-21(3)16(22)13(15(14)19-17)11-12-7-5-4-6-8-12/h4-10H,11H2,1-3H3. The molecule has 2 heterocycles. The van der Waals surface area contributed by atoms with Gasteiger partial charge in [0.05, 0.1) is 5.69 Å². The van der Waals surface area contributed by atoms with Crippen LogP contribution in [0, 0.1) is 0 Å². The van der Waals surface area contributed by atoms with Gasteiger partial charge in [-0.2, -0.15) is 0 Å². The van der Waals surface area contributed by atoms with Gasteiger partial charge in [-0.1, -0.05) is 30.3 Å². The van der Waals surface area contributed by atoms with Gasteiger partial charge in [-0.05, 0) is 11.6 Å². The smallest absolute Gasteiger partial charge is 0.256 e. The van der Waals surface area contributed by atoms with Crippen LogP contribution in [0.3, 0.4) is 0 Å². The number of rotatable bonds is 3. The van der Waals surface area contributed by atoms with E-state index in [1.54, 1.807) is 17.8 Å². The molecule has 1 aromatic carbocycles. The Morgan fingerprint density at radius 1 is 1.09 bits per heavy atom. The Kier molecular flexibility index (Phi) is 3.63. The van der Waals surface area contributed by atoms with Crippen LogP contribution in [0.2, 0.25) is 0 Å². The number of aryl methyl sites for hydroxylation is 1. The maximum absolute atomic E-state index is 12.6. The highest BCUT2D eigenvalue weighted by Crippen LogP contribution is 2.24. The normalized spacial score (nSPS) is 10.9. The summed E-state index contributed by atoms with van der Waals surface area (Å²) < 4.78 is 1.58. The van der Waals surface area contributed by atoms with Gasteiger partial charge in [0.15, 0.2) is 0 Å². The monoisotopic (exact) mass is 294 g/mol. The number of anilines is 1. The van der Waals surface area contributed by atoms with Gasteiger partial charge in [-0.3, -0.25) is 4.79 Å². The topological polar surface area (TPSA) is 51.0 Å². The molecule has 0 bridgehead atoms. The van der Waals surface area contributed by atoms with Crippen molar-refractivity contribution in [3.8, 4) is 11.4 Å². The van der Waals surface area contributed by atoms with Crippen LogP contribution in [0.25, 0.3) is 11.4 Å². The van der Waals surface area contributed by atoms with E-state index in [1.165, 1.54) is 0 Å². The molecule has 0 saturated heterocycles. The zero-order valence-corrected chi connectivity index (χ0v) is 12.9. The van der Waals surface area contributed by atoms with Crippen LogP contribution >= 0.6 is 0 Å². The average molecular weight is 294 g/mol. The average Bonchev–Trinajstić information content (AvgIpc) is 2.91. The minimum atomic E-state index is -0.0379. The molecule has 0 atom stereocenters. The Bertz CT molecular complexity index is 824. The molecule has 0 saturated carbocycles. The van der Waals surface area contributed by atoms with Crippen molar-refractivity contribution in [2.75, 3.05) is 19.0 Å². The highest BCUT2D eigenvalue weighted by molar-refractivity contribution is 5.64. The fourth-order valence-corrected chi connectivity index (χ4v) is 2.40. The van der Waals surface area contributed by atoms with Crippen molar-refractivity contribution >= 4 is 5.95 Å². The zero-order chi connectivity index (χ0) is 15.7. The summed E-state index contributed by atoms with van der Waals surface area (Å²) in [6.07, 6.45) is 2.29. The lowest BCUT2D eigenvalue weighted by atomic mass is 10.0. The van der Waals surface area contributed by atoms with E-state index in [0.717, 1.165) is 11.3 Å². The molecule has 112 valence electrons. The SMILES string of the molecule is CN(C)c1nc2ccn(C)c(=O)c(Cc3ccccc3)c-2n1. The van der Waals surface area contributed by atoms with Crippen molar-refractivity contribution in [3.63, 3.8) is 0 Å². The van der Waals surface area contributed by atoms with E-state index in [1.807, 2.05) is 55.4 Å². The van der Waals surface area contributed by atoms with Crippen LogP contribution in [-0.4, -0.2) is 28.6 Å². The molecule has 0 aliphatic carbocycles. The second-order valence-electron chi connectivity index (χ2n) is 5.52. The van der Waals surface area contributed by atoms with Gasteiger partial charge in [0.2, 0.25) is 5.95 Å². The number of imidazole rings is 1. The van der Waals surface area contributed by atoms with Crippen molar-refractivity contribution in [2.45, 2.75) is 6.42 Å². The van der Waals surface area contributed by atoms with Crippen molar-refractivity contribution in [1.29, 1.82) is 0 Å².